The van der Waals surface area contributed by atoms with Crippen LogP contribution in [-0.4, -0.2) is 35.3 Å². The van der Waals surface area contributed by atoms with E-state index in [0.29, 0.717) is 24.3 Å². The van der Waals surface area contributed by atoms with Gasteiger partial charge in [-0.05, 0) is 59.9 Å². The van der Waals surface area contributed by atoms with Crippen LogP contribution in [0.1, 0.15) is 40.4 Å². The van der Waals surface area contributed by atoms with Gasteiger partial charge in [-0.15, -0.1) is 0 Å². The number of benzene rings is 3. The predicted octanol–water partition coefficient (Wildman–Crippen LogP) is 5.60. The van der Waals surface area contributed by atoms with Crippen LogP contribution in [0, 0.1) is 5.82 Å². The zero-order valence-corrected chi connectivity index (χ0v) is 19.6. The number of aromatic nitrogens is 1. The van der Waals surface area contributed by atoms with Gasteiger partial charge in [-0.3, -0.25) is 4.79 Å². The number of hydrogen-bond donors (Lipinski definition) is 3. The van der Waals surface area contributed by atoms with Crippen LogP contribution in [0.5, 0.6) is 5.75 Å². The van der Waals surface area contributed by atoms with Gasteiger partial charge in [-0.25, -0.2) is 4.39 Å². The van der Waals surface area contributed by atoms with Gasteiger partial charge >= 0.3 is 0 Å². The van der Waals surface area contributed by atoms with Crippen molar-refractivity contribution in [3.05, 3.63) is 101 Å². The Morgan fingerprint density at radius 2 is 1.83 bits per heavy atom. The second-order valence-electron chi connectivity index (χ2n) is 8.41. The molecule has 1 atom stereocenters. The Labute approximate surface area is 204 Å². The van der Waals surface area contributed by atoms with Gasteiger partial charge in [0.1, 0.15) is 11.6 Å². The number of para-hydroxylation sites is 1. The monoisotopic (exact) mass is 472 g/mol. The molecule has 0 fully saturated rings. The standard InChI is InChI=1S/C29H29FN2O3/c1-2-15-35-28-14-11-21(8-7-20-9-12-23(30)13-10-20)16-26(28)29(34)32-24(19-33)17-22-18-31-27-6-4-3-5-25(22)27/h3-14,16,18,24,31,33H,2,15,17,19H2,1H3,(H,32,34)/b8-7+/t24-/m0/s1. The van der Waals surface area contributed by atoms with E-state index in [1.54, 1.807) is 24.3 Å². The maximum Gasteiger partial charge on any atom is 0.255 e. The van der Waals surface area contributed by atoms with Crippen molar-refractivity contribution in [3.63, 3.8) is 0 Å². The minimum atomic E-state index is -0.459. The highest BCUT2D eigenvalue weighted by molar-refractivity contribution is 5.98. The van der Waals surface area contributed by atoms with E-state index in [1.807, 2.05) is 55.6 Å². The highest BCUT2D eigenvalue weighted by Crippen LogP contribution is 2.23. The Kier molecular flexibility index (Phi) is 7.95. The van der Waals surface area contributed by atoms with E-state index in [0.717, 1.165) is 34.0 Å². The molecule has 0 bridgehead atoms. The molecule has 0 radical (unpaired) electrons. The van der Waals surface area contributed by atoms with Crippen molar-refractivity contribution in [3.8, 4) is 5.75 Å². The first-order chi connectivity index (χ1) is 17.1. The SMILES string of the molecule is CCCOc1ccc(/C=C/c2ccc(F)cc2)cc1C(=O)N[C@H](CO)Cc1c[nH]c2ccccc12. The van der Waals surface area contributed by atoms with Gasteiger partial charge in [0.25, 0.3) is 5.91 Å². The van der Waals surface area contributed by atoms with E-state index in [2.05, 4.69) is 10.3 Å². The van der Waals surface area contributed by atoms with Gasteiger partial charge < -0.3 is 20.1 Å². The van der Waals surface area contributed by atoms with Crippen molar-refractivity contribution in [2.45, 2.75) is 25.8 Å². The summed E-state index contributed by atoms with van der Waals surface area (Å²) in [7, 11) is 0. The number of aliphatic hydroxyl groups is 1. The molecule has 5 nitrogen and oxygen atoms in total. The van der Waals surface area contributed by atoms with Crippen molar-refractivity contribution in [2.75, 3.05) is 13.2 Å². The Morgan fingerprint density at radius 1 is 1.09 bits per heavy atom. The number of fused-ring (bicyclic) bond motifs is 1. The van der Waals surface area contributed by atoms with E-state index in [4.69, 9.17) is 4.74 Å². The van der Waals surface area contributed by atoms with Gasteiger partial charge in [0.2, 0.25) is 0 Å². The molecular formula is C29H29FN2O3. The molecule has 0 aliphatic rings. The van der Waals surface area contributed by atoms with Crippen LogP contribution >= 0.6 is 0 Å². The van der Waals surface area contributed by atoms with Crippen molar-refractivity contribution in [2.24, 2.45) is 0 Å². The van der Waals surface area contributed by atoms with E-state index in [-0.39, 0.29) is 18.3 Å². The van der Waals surface area contributed by atoms with E-state index in [9.17, 15) is 14.3 Å². The first-order valence-corrected chi connectivity index (χ1v) is 11.7. The van der Waals surface area contributed by atoms with E-state index < -0.39 is 6.04 Å². The quantitative estimate of drug-likeness (QED) is 0.263. The van der Waals surface area contributed by atoms with E-state index >= 15 is 0 Å². The molecule has 1 aromatic heterocycles. The molecule has 35 heavy (non-hydrogen) atoms. The molecule has 4 rings (SSSR count). The van der Waals surface area contributed by atoms with Gasteiger partial charge in [-0.1, -0.05) is 55.5 Å². The summed E-state index contributed by atoms with van der Waals surface area (Å²) in [6.45, 7) is 2.30. The first kappa shape index (κ1) is 24.2. The fourth-order valence-corrected chi connectivity index (χ4v) is 3.92. The van der Waals surface area contributed by atoms with Crippen LogP contribution < -0.4 is 10.1 Å². The number of amides is 1. The number of H-pyrrole nitrogens is 1. The Morgan fingerprint density at radius 3 is 2.60 bits per heavy atom. The summed E-state index contributed by atoms with van der Waals surface area (Å²) in [6, 6.07) is 19.1. The largest absolute Gasteiger partial charge is 0.493 e. The maximum absolute atomic E-state index is 13.3. The molecule has 1 heterocycles. The molecule has 3 aromatic carbocycles. The fourth-order valence-electron chi connectivity index (χ4n) is 3.92. The average molecular weight is 473 g/mol. The summed E-state index contributed by atoms with van der Waals surface area (Å²) in [4.78, 5) is 16.5. The third-order valence-electron chi connectivity index (χ3n) is 5.75. The molecule has 3 N–H and O–H groups in total. The highest BCUT2D eigenvalue weighted by Gasteiger charge is 2.19. The number of hydrogen-bond acceptors (Lipinski definition) is 3. The Hall–Kier alpha value is -3.90. The Balaban J connectivity index is 1.54. The number of ether oxygens (including phenoxy) is 1. The van der Waals surface area contributed by atoms with E-state index in [1.165, 1.54) is 12.1 Å². The number of aliphatic hydroxyl groups excluding tert-OH is 1. The van der Waals surface area contributed by atoms with Crippen LogP contribution in [0.4, 0.5) is 4.39 Å². The lowest BCUT2D eigenvalue weighted by atomic mass is 10.0. The van der Waals surface area contributed by atoms with Gasteiger partial charge in [0, 0.05) is 17.1 Å². The molecule has 180 valence electrons. The number of halogens is 1. The topological polar surface area (TPSA) is 74.3 Å². The minimum absolute atomic E-state index is 0.194. The van der Waals surface area contributed by atoms with Crippen LogP contribution in [-0.2, 0) is 6.42 Å². The summed E-state index contributed by atoms with van der Waals surface area (Å²) in [5.41, 5.74) is 4.10. The summed E-state index contributed by atoms with van der Waals surface area (Å²) in [5.74, 6) is -0.108. The second kappa shape index (κ2) is 11.5. The number of carbonyl (C=O) groups is 1. The molecule has 1 amide bonds. The number of nitrogens with one attached hydrogen (secondary N) is 2. The second-order valence-corrected chi connectivity index (χ2v) is 8.41. The van der Waals surface area contributed by atoms with Crippen LogP contribution in [0.2, 0.25) is 0 Å². The number of rotatable bonds is 10. The maximum atomic E-state index is 13.3. The molecule has 4 aromatic rings. The molecule has 0 unspecified atom stereocenters. The minimum Gasteiger partial charge on any atom is -0.493 e. The fraction of sp³-hybridized carbons (Fsp3) is 0.207. The first-order valence-electron chi connectivity index (χ1n) is 11.7. The summed E-state index contributed by atoms with van der Waals surface area (Å²) in [6.07, 6.45) is 6.93. The van der Waals surface area contributed by atoms with Crippen LogP contribution in [0.25, 0.3) is 23.1 Å². The smallest absolute Gasteiger partial charge is 0.255 e. The molecular weight excluding hydrogens is 443 g/mol. The van der Waals surface area contributed by atoms with Crippen molar-refractivity contribution < 1.29 is 19.0 Å². The molecule has 0 saturated carbocycles. The zero-order chi connectivity index (χ0) is 24.6. The third-order valence-corrected chi connectivity index (χ3v) is 5.75. The Bertz CT molecular complexity index is 1310. The molecule has 0 aliphatic heterocycles. The predicted molar refractivity (Wildman–Crippen MR) is 138 cm³/mol. The summed E-state index contributed by atoms with van der Waals surface area (Å²) >= 11 is 0. The van der Waals surface area contributed by atoms with Crippen LogP contribution in [0.15, 0.2) is 72.9 Å². The molecule has 0 saturated heterocycles. The normalized spacial score (nSPS) is 12.2. The molecule has 0 aliphatic carbocycles. The highest BCUT2D eigenvalue weighted by atomic mass is 19.1. The number of carbonyl (C=O) groups excluding carboxylic acids is 1. The summed E-state index contributed by atoms with van der Waals surface area (Å²) < 4.78 is 19.0. The van der Waals surface area contributed by atoms with Crippen molar-refractivity contribution >= 4 is 29.0 Å². The van der Waals surface area contributed by atoms with Crippen molar-refractivity contribution in [1.82, 2.24) is 10.3 Å². The summed E-state index contributed by atoms with van der Waals surface area (Å²) in [5, 5.41) is 14.0. The lowest BCUT2D eigenvalue weighted by Crippen LogP contribution is -2.39. The third kappa shape index (κ3) is 6.16. The zero-order valence-electron chi connectivity index (χ0n) is 19.6. The lowest BCUT2D eigenvalue weighted by molar-refractivity contribution is 0.0912. The van der Waals surface area contributed by atoms with Crippen LogP contribution in [0.3, 0.4) is 0 Å². The number of aromatic amines is 1. The van der Waals surface area contributed by atoms with Gasteiger partial charge in [0.15, 0.2) is 0 Å². The van der Waals surface area contributed by atoms with Gasteiger partial charge in [-0.2, -0.15) is 0 Å². The molecule has 0 spiro atoms. The average Bonchev–Trinajstić information content (AvgIpc) is 3.29. The van der Waals surface area contributed by atoms with Crippen molar-refractivity contribution in [1.29, 1.82) is 0 Å². The van der Waals surface area contributed by atoms with Gasteiger partial charge in [0.05, 0.1) is 24.8 Å². The lowest BCUT2D eigenvalue weighted by Gasteiger charge is -2.18. The molecule has 6 heteroatoms.